The molecule has 0 aliphatic heterocycles. The Morgan fingerprint density at radius 3 is 2.80 bits per heavy atom. The number of nitrogens with zero attached hydrogens (tertiary/aromatic N) is 3. The van der Waals surface area contributed by atoms with E-state index in [2.05, 4.69) is 52.3 Å². The van der Waals surface area contributed by atoms with E-state index in [1.807, 2.05) is 12.3 Å². The molecule has 0 atom stereocenters. The Kier molecular flexibility index (Phi) is 5.74. The number of aromatic nitrogens is 3. The highest BCUT2D eigenvalue weighted by atomic mass is 15.3. The summed E-state index contributed by atoms with van der Waals surface area (Å²) in [5.74, 6) is 0. The summed E-state index contributed by atoms with van der Waals surface area (Å²) in [5.41, 5.74) is 2.38. The highest BCUT2D eigenvalue weighted by molar-refractivity contribution is 5.08. The Morgan fingerprint density at radius 2 is 2.10 bits per heavy atom. The Balaban J connectivity index is 1.74. The van der Waals surface area contributed by atoms with Crippen LogP contribution in [0, 0.1) is 0 Å². The first-order chi connectivity index (χ1) is 9.83. The van der Waals surface area contributed by atoms with Crippen LogP contribution < -0.4 is 5.32 Å². The number of nitrogens with one attached hydrogen (secondary N) is 1. The van der Waals surface area contributed by atoms with Gasteiger partial charge in [-0.1, -0.05) is 19.9 Å². The highest BCUT2D eigenvalue weighted by Gasteiger charge is 2.07. The van der Waals surface area contributed by atoms with Gasteiger partial charge in [-0.15, -0.1) is 0 Å². The van der Waals surface area contributed by atoms with Crippen LogP contribution in [0.1, 0.15) is 44.0 Å². The van der Waals surface area contributed by atoms with Crippen LogP contribution in [0.2, 0.25) is 0 Å². The minimum absolute atomic E-state index is 0.527. The van der Waals surface area contributed by atoms with Crippen molar-refractivity contribution in [2.75, 3.05) is 6.54 Å². The predicted molar refractivity (Wildman–Crippen MR) is 81.5 cm³/mol. The summed E-state index contributed by atoms with van der Waals surface area (Å²) in [6.07, 6.45) is 9.08. The summed E-state index contributed by atoms with van der Waals surface area (Å²) < 4.78 is 2.10. The summed E-state index contributed by atoms with van der Waals surface area (Å²) in [4.78, 5) is 4.12. The standard InChI is InChI=1S/C16H24N4/c1-3-16(4-2)20-11-8-15(19-20)13-18-10-7-14-6-5-9-17-12-14/h5-6,8-9,11-12,16,18H,3-4,7,10,13H2,1-2H3. The van der Waals surface area contributed by atoms with Crippen LogP contribution in [-0.4, -0.2) is 21.3 Å². The molecule has 2 heterocycles. The van der Waals surface area contributed by atoms with Crippen LogP contribution in [0.25, 0.3) is 0 Å². The molecule has 0 amide bonds. The largest absolute Gasteiger partial charge is 0.311 e. The van der Waals surface area contributed by atoms with Crippen molar-refractivity contribution in [3.05, 3.63) is 48.0 Å². The third-order valence-corrected chi connectivity index (χ3v) is 3.60. The zero-order chi connectivity index (χ0) is 14.2. The zero-order valence-electron chi connectivity index (χ0n) is 12.4. The van der Waals surface area contributed by atoms with Crippen LogP contribution in [-0.2, 0) is 13.0 Å². The van der Waals surface area contributed by atoms with Crippen LogP contribution in [0.3, 0.4) is 0 Å². The van der Waals surface area contributed by atoms with Gasteiger partial charge in [-0.3, -0.25) is 9.67 Å². The van der Waals surface area contributed by atoms with Crippen molar-refractivity contribution in [3.8, 4) is 0 Å². The maximum absolute atomic E-state index is 4.64. The van der Waals surface area contributed by atoms with Gasteiger partial charge in [-0.25, -0.2) is 0 Å². The lowest BCUT2D eigenvalue weighted by molar-refractivity contribution is 0.424. The number of hydrogen-bond donors (Lipinski definition) is 1. The van der Waals surface area contributed by atoms with Gasteiger partial charge in [0.25, 0.3) is 0 Å². The van der Waals surface area contributed by atoms with Crippen LogP contribution in [0.4, 0.5) is 0 Å². The SMILES string of the molecule is CCC(CC)n1ccc(CNCCc2cccnc2)n1. The second-order valence-electron chi connectivity index (χ2n) is 5.05. The highest BCUT2D eigenvalue weighted by Crippen LogP contribution is 2.14. The summed E-state index contributed by atoms with van der Waals surface area (Å²) in [5, 5.41) is 8.07. The minimum atomic E-state index is 0.527. The van der Waals surface area contributed by atoms with E-state index in [0.717, 1.165) is 38.0 Å². The van der Waals surface area contributed by atoms with Gasteiger partial charge in [0.1, 0.15) is 0 Å². The Labute approximate surface area is 121 Å². The molecule has 0 saturated carbocycles. The van der Waals surface area contributed by atoms with Crippen molar-refractivity contribution in [3.63, 3.8) is 0 Å². The lowest BCUT2D eigenvalue weighted by Crippen LogP contribution is -2.17. The summed E-state index contributed by atoms with van der Waals surface area (Å²) in [6, 6.07) is 6.72. The molecule has 4 heteroatoms. The number of hydrogen-bond acceptors (Lipinski definition) is 3. The normalized spacial score (nSPS) is 11.2. The van der Waals surface area contributed by atoms with Crippen molar-refractivity contribution >= 4 is 0 Å². The first kappa shape index (κ1) is 14.7. The van der Waals surface area contributed by atoms with E-state index in [9.17, 15) is 0 Å². The molecule has 4 nitrogen and oxygen atoms in total. The molecule has 2 rings (SSSR count). The van der Waals surface area contributed by atoms with Crippen molar-refractivity contribution in [1.82, 2.24) is 20.1 Å². The summed E-state index contributed by atoms with van der Waals surface area (Å²) in [6.45, 7) is 6.19. The average molecular weight is 272 g/mol. The van der Waals surface area contributed by atoms with Gasteiger partial charge in [0.15, 0.2) is 0 Å². The number of pyridine rings is 1. The molecule has 0 spiro atoms. The maximum atomic E-state index is 4.64. The van der Waals surface area contributed by atoms with Gasteiger partial charge in [0, 0.05) is 25.1 Å². The Bertz CT molecular complexity index is 488. The minimum Gasteiger partial charge on any atom is -0.311 e. The van der Waals surface area contributed by atoms with Gasteiger partial charge >= 0.3 is 0 Å². The Hall–Kier alpha value is -1.68. The van der Waals surface area contributed by atoms with Gasteiger partial charge in [-0.2, -0.15) is 5.10 Å². The molecule has 2 aromatic rings. The second kappa shape index (κ2) is 7.80. The maximum Gasteiger partial charge on any atom is 0.0762 e. The third-order valence-electron chi connectivity index (χ3n) is 3.60. The first-order valence-electron chi connectivity index (χ1n) is 7.47. The van der Waals surface area contributed by atoms with Crippen molar-refractivity contribution in [2.45, 2.75) is 45.7 Å². The third kappa shape index (κ3) is 4.17. The first-order valence-corrected chi connectivity index (χ1v) is 7.47. The van der Waals surface area contributed by atoms with E-state index in [1.54, 1.807) is 6.20 Å². The van der Waals surface area contributed by atoms with E-state index in [4.69, 9.17) is 0 Å². The molecule has 20 heavy (non-hydrogen) atoms. The smallest absolute Gasteiger partial charge is 0.0762 e. The quantitative estimate of drug-likeness (QED) is 0.751. The summed E-state index contributed by atoms with van der Waals surface area (Å²) in [7, 11) is 0. The molecular formula is C16H24N4. The lowest BCUT2D eigenvalue weighted by atomic mass is 10.2. The van der Waals surface area contributed by atoms with Crippen LogP contribution >= 0.6 is 0 Å². The summed E-state index contributed by atoms with van der Waals surface area (Å²) >= 11 is 0. The fourth-order valence-electron chi connectivity index (χ4n) is 2.33. The predicted octanol–water partition coefficient (Wildman–Crippen LogP) is 2.97. The molecule has 1 N–H and O–H groups in total. The monoisotopic (exact) mass is 272 g/mol. The van der Waals surface area contributed by atoms with Crippen molar-refractivity contribution in [2.24, 2.45) is 0 Å². The molecule has 0 aromatic carbocycles. The molecule has 0 aliphatic rings. The molecule has 0 unspecified atom stereocenters. The molecule has 0 aliphatic carbocycles. The topological polar surface area (TPSA) is 42.7 Å². The van der Waals surface area contributed by atoms with Gasteiger partial charge in [0.2, 0.25) is 0 Å². The van der Waals surface area contributed by atoms with E-state index in [1.165, 1.54) is 5.56 Å². The molecular weight excluding hydrogens is 248 g/mol. The zero-order valence-corrected chi connectivity index (χ0v) is 12.4. The van der Waals surface area contributed by atoms with Gasteiger partial charge in [-0.05, 0) is 43.5 Å². The Morgan fingerprint density at radius 1 is 1.25 bits per heavy atom. The van der Waals surface area contributed by atoms with Gasteiger partial charge < -0.3 is 5.32 Å². The van der Waals surface area contributed by atoms with Crippen LogP contribution in [0.15, 0.2) is 36.8 Å². The van der Waals surface area contributed by atoms with E-state index < -0.39 is 0 Å². The van der Waals surface area contributed by atoms with Crippen molar-refractivity contribution in [1.29, 1.82) is 0 Å². The number of rotatable bonds is 8. The lowest BCUT2D eigenvalue weighted by Gasteiger charge is -2.12. The average Bonchev–Trinajstić information content (AvgIpc) is 2.95. The molecule has 0 radical (unpaired) electrons. The fraction of sp³-hybridized carbons (Fsp3) is 0.500. The van der Waals surface area contributed by atoms with Crippen molar-refractivity contribution < 1.29 is 0 Å². The second-order valence-corrected chi connectivity index (χ2v) is 5.05. The molecule has 108 valence electrons. The van der Waals surface area contributed by atoms with E-state index in [0.29, 0.717) is 6.04 Å². The molecule has 0 fully saturated rings. The fourth-order valence-corrected chi connectivity index (χ4v) is 2.33. The van der Waals surface area contributed by atoms with E-state index in [-0.39, 0.29) is 0 Å². The van der Waals surface area contributed by atoms with Gasteiger partial charge in [0.05, 0.1) is 11.7 Å². The van der Waals surface area contributed by atoms with E-state index >= 15 is 0 Å². The van der Waals surface area contributed by atoms with Crippen LogP contribution in [0.5, 0.6) is 0 Å². The molecule has 0 bridgehead atoms. The molecule has 0 saturated heterocycles. The molecule has 2 aromatic heterocycles.